The first-order valence-electron chi connectivity index (χ1n) is 30.3. The molecule has 34 atom stereocenters. The van der Waals surface area contributed by atoms with Crippen LogP contribution < -0.4 is 0 Å². The molecule has 7 saturated heterocycles. The molecule has 4 aliphatic carbocycles. The van der Waals surface area contributed by atoms with Gasteiger partial charge in [-0.2, -0.15) is 0 Å². The minimum absolute atomic E-state index is 0.110. The lowest BCUT2D eigenvalue weighted by atomic mass is 9.35. The summed E-state index contributed by atoms with van der Waals surface area (Å²) in [7, 11) is 0. The fourth-order valence-corrected chi connectivity index (χ4v) is 18.3. The van der Waals surface area contributed by atoms with Gasteiger partial charge in [-0.3, -0.25) is 0 Å². The highest BCUT2D eigenvalue weighted by molar-refractivity contribution is 5.27. The maximum absolute atomic E-state index is 12.3. The van der Waals surface area contributed by atoms with Crippen LogP contribution in [0.25, 0.3) is 0 Å². The normalized spacial score (nSPS) is 57.1. The zero-order valence-corrected chi connectivity index (χ0v) is 49.2. The van der Waals surface area contributed by atoms with Gasteiger partial charge in [0.2, 0.25) is 0 Å². The molecule has 7 aliphatic heterocycles. The molecule has 0 radical (unpaired) electrons. The second-order valence-corrected chi connectivity index (χ2v) is 28.2. The van der Waals surface area contributed by atoms with Crippen LogP contribution >= 0.6 is 0 Å². The zero-order valence-electron chi connectivity index (χ0n) is 49.2. The molecule has 0 aromatic carbocycles. The molecule has 11 rings (SSSR count). The number of hydrogen-bond acceptors (Lipinski definition) is 26. The van der Waals surface area contributed by atoms with Crippen molar-refractivity contribution in [3.05, 3.63) is 11.6 Å². The summed E-state index contributed by atoms with van der Waals surface area (Å²) in [6.07, 6.45) is -31.8. The molecule has 14 N–H and O–H groups in total. The third kappa shape index (κ3) is 10.5. The second-order valence-electron chi connectivity index (χ2n) is 28.2. The summed E-state index contributed by atoms with van der Waals surface area (Å²) in [5.74, 6) is -0.440. The van der Waals surface area contributed by atoms with Crippen LogP contribution in [0.3, 0.4) is 0 Å². The molecule has 11 aliphatic rings. The molecule has 0 amide bonds. The van der Waals surface area contributed by atoms with E-state index in [4.69, 9.17) is 56.8 Å². The van der Waals surface area contributed by atoms with Crippen molar-refractivity contribution in [3.8, 4) is 0 Å². The van der Waals surface area contributed by atoms with E-state index in [0.29, 0.717) is 19.4 Å². The van der Waals surface area contributed by atoms with E-state index in [-0.39, 0.29) is 46.0 Å². The Morgan fingerprint density at radius 1 is 0.583 bits per heavy atom. The van der Waals surface area contributed by atoms with E-state index in [1.54, 1.807) is 0 Å². The van der Waals surface area contributed by atoms with Gasteiger partial charge in [0, 0.05) is 24.2 Å². The van der Waals surface area contributed by atoms with Crippen molar-refractivity contribution >= 4 is 0 Å². The first-order valence-corrected chi connectivity index (χ1v) is 30.3. The Morgan fingerprint density at radius 2 is 1.21 bits per heavy atom. The molecule has 0 aromatic heterocycles. The van der Waals surface area contributed by atoms with Crippen LogP contribution in [0.1, 0.15) is 107 Å². The molecule has 0 aromatic rings. The summed E-state index contributed by atoms with van der Waals surface area (Å²) in [5.41, 5.74) is -0.980. The number of rotatable bonds is 13. The largest absolute Gasteiger partial charge is 0.394 e. The summed E-state index contributed by atoms with van der Waals surface area (Å²) in [6.45, 7) is 14.8. The van der Waals surface area contributed by atoms with Crippen LogP contribution in [0.5, 0.6) is 0 Å². The zero-order chi connectivity index (χ0) is 60.7. The van der Waals surface area contributed by atoms with Gasteiger partial charge >= 0.3 is 0 Å². The lowest BCUT2D eigenvalue weighted by Gasteiger charge is -2.70. The van der Waals surface area contributed by atoms with Crippen molar-refractivity contribution in [1.82, 2.24) is 0 Å². The molecule has 4 saturated carbocycles. The Balaban J connectivity index is 0.870. The van der Waals surface area contributed by atoms with Crippen LogP contribution in [0.4, 0.5) is 0 Å². The number of allylic oxidation sites excluding steroid dienone is 1. The molecule has 84 heavy (non-hydrogen) atoms. The van der Waals surface area contributed by atoms with Crippen LogP contribution in [-0.2, 0) is 56.8 Å². The highest BCUT2D eigenvalue weighted by atomic mass is 16.8. The van der Waals surface area contributed by atoms with Gasteiger partial charge in [0.15, 0.2) is 37.2 Å². The van der Waals surface area contributed by atoms with Gasteiger partial charge in [-0.1, -0.05) is 39.3 Å². The van der Waals surface area contributed by atoms with Crippen LogP contribution in [-0.4, -0.2) is 269 Å². The molecular formula is C58H94O26. The third-order valence-electron chi connectivity index (χ3n) is 22.5. The summed E-state index contributed by atoms with van der Waals surface area (Å²) >= 11 is 0. The SMILES string of the molecule is CC(C)=C[C@H]1C[C@](C)(O)[C@@H]2[C@H]3CC[C@@H]4[C@@]5(C)CC[C@H](OC6OC[C@H](O)[C@H](O[C@@H]7O[C@H](CO[C@@H]8O[C@H](CO)[C@@H](O)[C@H](O)[C@H]8O)[C@@H](O)[C@H](O)[C@H]7O[C@@H]7OC[C@@H](O)[C@H](O)[C@H]7O)[C@H]6O[C@@H]6O[C@@H](C)[C@H](O)[C@@H](O)[C@H]6O)C(C)(C)[C@@H]5CC[C@@]4(C)C34CO[C@@]2(C4)O1. The average Bonchev–Trinajstić information content (AvgIpc) is 1.44. The molecule has 482 valence electrons. The van der Waals surface area contributed by atoms with E-state index in [1.807, 2.05) is 20.8 Å². The Bertz CT molecular complexity index is 2330. The highest BCUT2D eigenvalue weighted by Gasteiger charge is 2.81. The Labute approximate surface area is 488 Å². The Kier molecular flexibility index (Phi) is 17.9. The third-order valence-corrected chi connectivity index (χ3v) is 22.5. The lowest BCUT2D eigenvalue weighted by Crippen LogP contribution is -2.68. The number of aliphatic hydroxyl groups is 14. The molecule has 2 spiro atoms. The maximum Gasteiger partial charge on any atom is 0.187 e. The predicted molar refractivity (Wildman–Crippen MR) is 283 cm³/mol. The van der Waals surface area contributed by atoms with Gasteiger partial charge in [0.25, 0.3) is 0 Å². The van der Waals surface area contributed by atoms with Gasteiger partial charge in [-0.15, -0.1) is 0 Å². The lowest BCUT2D eigenvalue weighted by molar-refractivity contribution is -0.401. The summed E-state index contributed by atoms with van der Waals surface area (Å²) in [6, 6.07) is 0. The van der Waals surface area contributed by atoms with E-state index in [0.717, 1.165) is 44.1 Å². The molecule has 26 heteroatoms. The minimum atomic E-state index is -2.04. The van der Waals surface area contributed by atoms with E-state index in [2.05, 4.69) is 33.8 Å². The summed E-state index contributed by atoms with van der Waals surface area (Å²) in [5, 5.41) is 154. The number of ether oxygens (including phenoxy) is 12. The van der Waals surface area contributed by atoms with Crippen LogP contribution in [0.15, 0.2) is 11.6 Å². The fourth-order valence-electron chi connectivity index (χ4n) is 18.3. The maximum atomic E-state index is 12.3. The second kappa shape index (κ2) is 23.4. The number of fused-ring (bicyclic) bond motifs is 4. The summed E-state index contributed by atoms with van der Waals surface area (Å²) in [4.78, 5) is 0. The van der Waals surface area contributed by atoms with E-state index < -0.39 is 191 Å². The number of hydrogen-bond donors (Lipinski definition) is 14. The van der Waals surface area contributed by atoms with Crippen molar-refractivity contribution in [2.24, 2.45) is 45.3 Å². The van der Waals surface area contributed by atoms with E-state index >= 15 is 0 Å². The Morgan fingerprint density at radius 3 is 1.93 bits per heavy atom. The van der Waals surface area contributed by atoms with E-state index in [1.165, 1.54) is 6.92 Å². The van der Waals surface area contributed by atoms with Crippen LogP contribution in [0.2, 0.25) is 0 Å². The molecule has 7 heterocycles. The van der Waals surface area contributed by atoms with Crippen molar-refractivity contribution in [2.75, 3.05) is 33.0 Å². The highest BCUT2D eigenvalue weighted by Crippen LogP contribution is 2.80. The van der Waals surface area contributed by atoms with Gasteiger partial charge in [-0.25, -0.2) is 0 Å². The predicted octanol–water partition coefficient (Wildman–Crippen LogP) is -2.72. The van der Waals surface area contributed by atoms with Gasteiger partial charge < -0.3 is 128 Å². The van der Waals surface area contributed by atoms with Gasteiger partial charge in [0.05, 0.1) is 56.9 Å². The first kappa shape index (κ1) is 64.2. The van der Waals surface area contributed by atoms with Crippen molar-refractivity contribution in [1.29, 1.82) is 0 Å². The first-order chi connectivity index (χ1) is 39.4. The monoisotopic (exact) mass is 1210 g/mol. The number of aliphatic hydroxyl groups excluding tert-OH is 13. The minimum Gasteiger partial charge on any atom is -0.394 e. The van der Waals surface area contributed by atoms with Crippen LogP contribution in [0, 0.1) is 45.3 Å². The Hall–Kier alpha value is -1.30. The molecular weight excluding hydrogens is 1110 g/mol. The fraction of sp³-hybridized carbons (Fsp3) is 0.966. The quantitative estimate of drug-likeness (QED) is 0.0658. The van der Waals surface area contributed by atoms with Gasteiger partial charge in [0.1, 0.15) is 104 Å². The van der Waals surface area contributed by atoms with Gasteiger partial charge in [-0.05, 0) is 100 Å². The molecule has 2 bridgehead atoms. The van der Waals surface area contributed by atoms with Crippen molar-refractivity contribution in [3.63, 3.8) is 0 Å². The molecule has 26 nitrogen and oxygen atoms in total. The average molecular weight is 1210 g/mol. The standard InChI is InChI=1S/C58H94O26/c1-23(2)15-25-16-56(8,72)47-26-9-10-32-54(6)13-12-33(53(4,5)31(54)11-14-55(32,7)57(26)21-58(47,84-25)76-22-57)80-51-46(83-50-43(71)38(66)34(62)24(3)77-50)44(28(61)19-74-51)81-52-45(82-49-41(69)35(63)27(60)18-73-49)40(68)37(65)30(79-52)20-75-48-42(70)39(67)36(64)29(17-59)78-48/h15,24-52,59-72H,9-14,16-22H2,1-8H3/t24-,25-,26+,27+,28-,29+,30+,31-,32+,33-,34-,35-,36+,37+,38+,39-,40-,41+,42+,43+,44-,45+,46+,47-,48+,49-,50-,51?,52-,54-,55+,56-,57?,58-/m0/s1. The molecule has 11 fully saturated rings. The van der Waals surface area contributed by atoms with Crippen molar-refractivity contribution in [2.45, 2.75) is 272 Å². The smallest absolute Gasteiger partial charge is 0.187 e. The topological polar surface area (TPSA) is 394 Å². The van der Waals surface area contributed by atoms with Crippen molar-refractivity contribution < 1.29 is 128 Å². The summed E-state index contributed by atoms with van der Waals surface area (Å²) < 4.78 is 75.5. The van der Waals surface area contributed by atoms with E-state index in [9.17, 15) is 71.5 Å². The molecule has 2 unspecified atom stereocenters.